The molecular weight excluding hydrogens is 180 g/mol. The van der Waals surface area contributed by atoms with Gasteiger partial charge in [0.2, 0.25) is 5.91 Å². The smallest absolute Gasteiger partial charge is 0.251 e. The number of imide groups is 1. The summed E-state index contributed by atoms with van der Waals surface area (Å²) in [5.41, 5.74) is 6.08. The van der Waals surface area contributed by atoms with Gasteiger partial charge < -0.3 is 5.73 Å². The van der Waals surface area contributed by atoms with Gasteiger partial charge in [0.15, 0.2) is 0 Å². The lowest BCUT2D eigenvalue weighted by molar-refractivity contribution is -0.121. The molecule has 0 aromatic heterocycles. The van der Waals surface area contributed by atoms with Crippen molar-refractivity contribution in [1.82, 2.24) is 0 Å². The van der Waals surface area contributed by atoms with Crippen LogP contribution in [0.15, 0.2) is 30.3 Å². The zero-order chi connectivity index (χ0) is 10.1. The molecule has 1 heterocycles. The Morgan fingerprint density at radius 2 is 1.86 bits per heavy atom. The first kappa shape index (κ1) is 8.90. The molecule has 4 nitrogen and oxygen atoms in total. The van der Waals surface area contributed by atoms with Crippen LogP contribution in [0.2, 0.25) is 0 Å². The van der Waals surface area contributed by atoms with E-state index in [1.165, 1.54) is 0 Å². The third-order valence-corrected chi connectivity index (χ3v) is 2.20. The summed E-state index contributed by atoms with van der Waals surface area (Å²) in [4.78, 5) is 24.1. The summed E-state index contributed by atoms with van der Waals surface area (Å²) in [5.74, 6) is -0.546. The van der Waals surface area contributed by atoms with Crippen molar-refractivity contribution in [3.05, 3.63) is 30.3 Å². The van der Waals surface area contributed by atoms with Crippen LogP contribution in [0.25, 0.3) is 0 Å². The molecule has 1 atom stereocenters. The molecule has 14 heavy (non-hydrogen) atoms. The summed E-state index contributed by atoms with van der Waals surface area (Å²) >= 11 is 0. The lowest BCUT2D eigenvalue weighted by Gasteiger charge is -2.13. The molecule has 2 N–H and O–H groups in total. The van der Waals surface area contributed by atoms with Crippen molar-refractivity contribution in [3.8, 4) is 0 Å². The Balaban J connectivity index is 2.36. The number of carbonyl (C=O) groups is 2. The highest BCUT2D eigenvalue weighted by molar-refractivity contribution is 6.22. The lowest BCUT2D eigenvalue weighted by atomic mass is 10.3. The Kier molecular flexibility index (Phi) is 2.05. The van der Waals surface area contributed by atoms with Crippen LogP contribution < -0.4 is 10.6 Å². The van der Waals surface area contributed by atoms with E-state index in [0.29, 0.717) is 5.69 Å². The van der Waals surface area contributed by atoms with Crippen molar-refractivity contribution in [2.45, 2.75) is 12.5 Å². The minimum atomic E-state index is -0.678. The van der Waals surface area contributed by atoms with Crippen LogP contribution in [0.1, 0.15) is 6.42 Å². The molecule has 0 saturated carbocycles. The van der Waals surface area contributed by atoms with Gasteiger partial charge in [0.1, 0.15) is 0 Å². The van der Waals surface area contributed by atoms with Gasteiger partial charge >= 0.3 is 0 Å². The van der Waals surface area contributed by atoms with Crippen LogP contribution in [0, 0.1) is 0 Å². The average molecular weight is 190 g/mol. The maximum absolute atomic E-state index is 11.5. The molecular formula is C10H10N2O2. The van der Waals surface area contributed by atoms with Gasteiger partial charge in [0, 0.05) is 0 Å². The van der Waals surface area contributed by atoms with Crippen molar-refractivity contribution in [1.29, 1.82) is 0 Å². The number of nitrogens with zero attached hydrogens (tertiary/aromatic N) is 1. The zero-order valence-corrected chi connectivity index (χ0v) is 7.51. The molecule has 0 spiro atoms. The van der Waals surface area contributed by atoms with Gasteiger partial charge in [-0.3, -0.25) is 9.59 Å². The second kappa shape index (κ2) is 3.23. The molecule has 1 aromatic carbocycles. The third kappa shape index (κ3) is 1.29. The van der Waals surface area contributed by atoms with Gasteiger partial charge in [0.25, 0.3) is 5.91 Å². The van der Waals surface area contributed by atoms with E-state index in [1.54, 1.807) is 24.3 Å². The first-order chi connectivity index (χ1) is 6.70. The summed E-state index contributed by atoms with van der Waals surface area (Å²) in [6.07, 6.45) is 0.105. The van der Waals surface area contributed by atoms with Crippen molar-refractivity contribution >= 4 is 17.5 Å². The van der Waals surface area contributed by atoms with Gasteiger partial charge in [-0.05, 0) is 12.1 Å². The zero-order valence-electron chi connectivity index (χ0n) is 7.51. The SMILES string of the molecule is N[C@H]1CC(=O)N(c2ccccc2)C1=O. The molecule has 0 aliphatic carbocycles. The van der Waals surface area contributed by atoms with Crippen LogP contribution >= 0.6 is 0 Å². The van der Waals surface area contributed by atoms with Crippen molar-refractivity contribution in [3.63, 3.8) is 0 Å². The Morgan fingerprint density at radius 3 is 2.36 bits per heavy atom. The molecule has 72 valence electrons. The number of rotatable bonds is 1. The maximum Gasteiger partial charge on any atom is 0.251 e. The minimum Gasteiger partial charge on any atom is -0.319 e. The fourth-order valence-electron chi connectivity index (χ4n) is 1.50. The van der Waals surface area contributed by atoms with Crippen molar-refractivity contribution < 1.29 is 9.59 Å². The van der Waals surface area contributed by atoms with Crippen LogP contribution in [0.5, 0.6) is 0 Å². The monoisotopic (exact) mass is 190 g/mol. The first-order valence-corrected chi connectivity index (χ1v) is 4.37. The summed E-state index contributed by atoms with van der Waals surface area (Å²) < 4.78 is 0. The van der Waals surface area contributed by atoms with Crippen LogP contribution in [0.4, 0.5) is 5.69 Å². The Hall–Kier alpha value is -1.68. The molecule has 4 heteroatoms. The lowest BCUT2D eigenvalue weighted by Crippen LogP contribution is -2.35. The number of carbonyl (C=O) groups excluding carboxylic acids is 2. The van der Waals surface area contributed by atoms with Gasteiger partial charge in [-0.15, -0.1) is 0 Å². The average Bonchev–Trinajstić information content (AvgIpc) is 2.43. The van der Waals surface area contributed by atoms with Gasteiger partial charge in [-0.1, -0.05) is 18.2 Å². The molecule has 0 radical (unpaired) electrons. The van der Waals surface area contributed by atoms with E-state index in [9.17, 15) is 9.59 Å². The molecule has 1 saturated heterocycles. The van der Waals surface area contributed by atoms with E-state index in [4.69, 9.17) is 5.73 Å². The largest absolute Gasteiger partial charge is 0.319 e. The molecule has 0 unspecified atom stereocenters. The quantitative estimate of drug-likeness (QED) is 0.647. The Labute approximate surface area is 81.3 Å². The molecule has 2 rings (SSSR count). The number of hydrogen-bond donors (Lipinski definition) is 1. The van der Waals surface area contributed by atoms with E-state index in [0.717, 1.165) is 4.90 Å². The van der Waals surface area contributed by atoms with Gasteiger partial charge in [-0.2, -0.15) is 0 Å². The van der Waals surface area contributed by atoms with E-state index in [-0.39, 0.29) is 18.2 Å². The summed E-state index contributed by atoms with van der Waals surface area (Å²) in [6.45, 7) is 0. The minimum absolute atomic E-state index is 0.105. The molecule has 1 aliphatic heterocycles. The van der Waals surface area contributed by atoms with Crippen LogP contribution in [-0.2, 0) is 9.59 Å². The van der Waals surface area contributed by atoms with E-state index in [2.05, 4.69) is 0 Å². The Bertz CT molecular complexity index is 375. The molecule has 1 fully saturated rings. The number of anilines is 1. The predicted octanol–water partition coefficient (Wildman–Crippen LogP) is 0.277. The van der Waals surface area contributed by atoms with Crippen LogP contribution in [-0.4, -0.2) is 17.9 Å². The second-order valence-electron chi connectivity index (χ2n) is 3.21. The summed E-state index contributed by atoms with van der Waals surface area (Å²) in [5, 5.41) is 0. The topological polar surface area (TPSA) is 63.4 Å². The number of para-hydroxylation sites is 1. The van der Waals surface area contributed by atoms with Crippen molar-refractivity contribution in [2.75, 3.05) is 4.90 Å². The highest BCUT2D eigenvalue weighted by Gasteiger charge is 2.36. The highest BCUT2D eigenvalue weighted by Crippen LogP contribution is 2.20. The third-order valence-electron chi connectivity index (χ3n) is 2.20. The van der Waals surface area contributed by atoms with E-state index < -0.39 is 6.04 Å². The van der Waals surface area contributed by atoms with Crippen LogP contribution in [0.3, 0.4) is 0 Å². The molecule has 0 bridgehead atoms. The van der Waals surface area contributed by atoms with Gasteiger partial charge in [-0.25, -0.2) is 4.90 Å². The Morgan fingerprint density at radius 1 is 1.21 bits per heavy atom. The second-order valence-corrected chi connectivity index (χ2v) is 3.21. The first-order valence-electron chi connectivity index (χ1n) is 4.37. The molecule has 1 aliphatic rings. The maximum atomic E-state index is 11.5. The predicted molar refractivity (Wildman–Crippen MR) is 51.5 cm³/mol. The highest BCUT2D eigenvalue weighted by atomic mass is 16.2. The molecule has 2 amide bonds. The van der Waals surface area contributed by atoms with Gasteiger partial charge in [0.05, 0.1) is 18.2 Å². The van der Waals surface area contributed by atoms with E-state index >= 15 is 0 Å². The fraction of sp³-hybridized carbons (Fsp3) is 0.200. The number of nitrogens with two attached hydrogens (primary N) is 1. The van der Waals surface area contributed by atoms with Crippen molar-refractivity contribution in [2.24, 2.45) is 5.73 Å². The molecule has 1 aromatic rings. The normalized spacial score (nSPS) is 21.8. The number of benzene rings is 1. The summed E-state index contributed by atoms with van der Waals surface area (Å²) in [7, 11) is 0. The fourth-order valence-corrected chi connectivity index (χ4v) is 1.50. The number of hydrogen-bond acceptors (Lipinski definition) is 3. The standard InChI is InChI=1S/C10H10N2O2/c11-8-6-9(13)12(10(8)14)7-4-2-1-3-5-7/h1-5,8H,6,11H2/t8-/m0/s1. The van der Waals surface area contributed by atoms with E-state index in [1.807, 2.05) is 6.07 Å². The number of amides is 2. The summed E-state index contributed by atoms with van der Waals surface area (Å²) in [6, 6.07) is 8.14.